The molecule has 0 bridgehead atoms. The minimum Gasteiger partial charge on any atom is -0.421 e. The van der Waals surface area contributed by atoms with Crippen LogP contribution < -0.4 is 0 Å². The summed E-state index contributed by atoms with van der Waals surface area (Å²) >= 11 is 6.05. The lowest BCUT2D eigenvalue weighted by atomic mass is 9.80. The molecule has 0 heterocycles. The molecule has 0 radical (unpaired) electrons. The number of rotatable bonds is 7. The number of carbonyl (C=O) groups excluding carboxylic acids is 2. The van der Waals surface area contributed by atoms with E-state index in [4.69, 9.17) is 21.2 Å². The summed E-state index contributed by atoms with van der Waals surface area (Å²) in [5, 5.41) is 10.2. The van der Waals surface area contributed by atoms with Gasteiger partial charge in [-0.15, -0.1) is 0 Å². The molecule has 3 rings (SSSR count). The molecule has 2 aromatic carbocycles. The molecule has 6 heteroatoms. The third-order valence-corrected chi connectivity index (χ3v) is 4.96. The summed E-state index contributed by atoms with van der Waals surface area (Å²) < 4.78 is 5.64. The standard InChI is InChI=1S/C21H21ClO5/c1-2-3-4-5-10-19(23)26-21(27-25)17-9-7-6-8-15(17)20(24)16-13-14(22)11-12-18(16)21/h6-9,11-13,25H,2-5,10H2,1H3. The number of ketones is 1. The lowest BCUT2D eigenvalue weighted by Gasteiger charge is -2.36. The Morgan fingerprint density at radius 2 is 1.81 bits per heavy atom. The quantitative estimate of drug-likeness (QED) is 0.235. The summed E-state index contributed by atoms with van der Waals surface area (Å²) in [5.41, 5.74) is 1.06. The molecule has 0 amide bonds. The van der Waals surface area contributed by atoms with Gasteiger partial charge in [-0.05, 0) is 24.6 Å². The third kappa shape index (κ3) is 3.63. The van der Waals surface area contributed by atoms with Gasteiger partial charge in [0.1, 0.15) is 0 Å². The predicted octanol–water partition coefficient (Wildman–Crippen LogP) is 5.09. The summed E-state index contributed by atoms with van der Waals surface area (Å²) in [5.74, 6) is -2.67. The van der Waals surface area contributed by atoms with E-state index in [0.29, 0.717) is 17.0 Å². The second kappa shape index (κ2) is 8.21. The summed E-state index contributed by atoms with van der Waals surface area (Å²) in [6, 6.07) is 11.2. The van der Waals surface area contributed by atoms with Gasteiger partial charge in [-0.1, -0.05) is 62.1 Å². The molecule has 1 atom stereocenters. The lowest BCUT2D eigenvalue weighted by Crippen LogP contribution is -2.41. The molecule has 2 aromatic rings. The first-order valence-corrected chi connectivity index (χ1v) is 9.40. The van der Waals surface area contributed by atoms with Crippen LogP contribution in [0.2, 0.25) is 5.02 Å². The number of esters is 1. The Bertz CT molecular complexity index is 863. The molecule has 142 valence electrons. The first kappa shape index (κ1) is 19.5. The van der Waals surface area contributed by atoms with Crippen molar-refractivity contribution in [3.05, 3.63) is 69.7 Å². The van der Waals surface area contributed by atoms with Crippen molar-refractivity contribution >= 4 is 23.4 Å². The van der Waals surface area contributed by atoms with E-state index in [1.807, 2.05) is 0 Å². The monoisotopic (exact) mass is 388 g/mol. The van der Waals surface area contributed by atoms with Gasteiger partial charge in [-0.25, -0.2) is 5.26 Å². The fourth-order valence-corrected chi connectivity index (χ4v) is 3.56. The van der Waals surface area contributed by atoms with Crippen LogP contribution in [0.1, 0.15) is 66.1 Å². The highest BCUT2D eigenvalue weighted by atomic mass is 35.5. The van der Waals surface area contributed by atoms with Crippen molar-refractivity contribution < 1.29 is 24.5 Å². The van der Waals surface area contributed by atoms with Crippen molar-refractivity contribution in [1.82, 2.24) is 0 Å². The van der Waals surface area contributed by atoms with E-state index in [9.17, 15) is 14.8 Å². The summed E-state index contributed by atoms with van der Waals surface area (Å²) in [6.07, 6.45) is 3.89. The largest absolute Gasteiger partial charge is 0.421 e. The molecule has 0 fully saturated rings. The fourth-order valence-electron chi connectivity index (χ4n) is 3.38. The number of unbranched alkanes of at least 4 members (excludes halogenated alkanes) is 3. The van der Waals surface area contributed by atoms with Gasteiger partial charge in [0.05, 0.1) is 0 Å². The maximum Gasteiger partial charge on any atom is 0.308 e. The van der Waals surface area contributed by atoms with Crippen molar-refractivity contribution in [1.29, 1.82) is 0 Å². The Kier molecular flexibility index (Phi) is 5.95. The van der Waals surface area contributed by atoms with Crippen molar-refractivity contribution in [2.24, 2.45) is 0 Å². The highest BCUT2D eigenvalue weighted by Gasteiger charge is 2.49. The van der Waals surface area contributed by atoms with Crippen LogP contribution in [0.5, 0.6) is 0 Å². The Balaban J connectivity index is 2.02. The number of benzene rings is 2. The maximum atomic E-state index is 12.9. The zero-order valence-electron chi connectivity index (χ0n) is 15.0. The molecule has 1 unspecified atom stereocenters. The molecule has 0 spiro atoms. The topological polar surface area (TPSA) is 72.8 Å². The zero-order valence-corrected chi connectivity index (χ0v) is 15.8. The van der Waals surface area contributed by atoms with Gasteiger partial charge in [0.15, 0.2) is 5.78 Å². The minimum atomic E-state index is -1.90. The first-order chi connectivity index (χ1) is 13.0. The van der Waals surface area contributed by atoms with Gasteiger partial charge < -0.3 is 4.74 Å². The summed E-state index contributed by atoms with van der Waals surface area (Å²) in [4.78, 5) is 30.1. The number of carbonyl (C=O) groups is 2. The number of halogens is 1. The van der Waals surface area contributed by atoms with Gasteiger partial charge in [-0.3, -0.25) is 9.59 Å². The SMILES string of the molecule is CCCCCCC(=O)OC1(OO)c2ccccc2C(=O)c2cc(Cl)ccc21. The van der Waals surface area contributed by atoms with E-state index in [2.05, 4.69) is 6.92 Å². The van der Waals surface area contributed by atoms with Crippen LogP contribution in [0.15, 0.2) is 42.5 Å². The predicted molar refractivity (Wildman–Crippen MR) is 101 cm³/mol. The van der Waals surface area contributed by atoms with E-state index in [-0.39, 0.29) is 28.9 Å². The average Bonchev–Trinajstić information content (AvgIpc) is 2.68. The molecule has 0 saturated heterocycles. The van der Waals surface area contributed by atoms with E-state index >= 15 is 0 Å². The van der Waals surface area contributed by atoms with Crippen LogP contribution in [0.3, 0.4) is 0 Å². The number of ether oxygens (including phenoxy) is 1. The van der Waals surface area contributed by atoms with Crippen LogP contribution in [-0.4, -0.2) is 17.0 Å². The second-order valence-electron chi connectivity index (χ2n) is 6.56. The molecule has 0 aliphatic heterocycles. The molecule has 1 aliphatic carbocycles. The Labute approximate surface area is 162 Å². The van der Waals surface area contributed by atoms with Gasteiger partial charge in [0, 0.05) is 33.7 Å². The molecular weight excluding hydrogens is 368 g/mol. The average molecular weight is 389 g/mol. The van der Waals surface area contributed by atoms with Crippen molar-refractivity contribution in [3.63, 3.8) is 0 Å². The highest BCUT2D eigenvalue weighted by Crippen LogP contribution is 2.44. The van der Waals surface area contributed by atoms with E-state index in [0.717, 1.165) is 19.3 Å². The molecule has 27 heavy (non-hydrogen) atoms. The zero-order chi connectivity index (χ0) is 19.4. The Morgan fingerprint density at radius 3 is 2.56 bits per heavy atom. The first-order valence-electron chi connectivity index (χ1n) is 9.02. The number of fused-ring (bicyclic) bond motifs is 2. The molecule has 0 saturated carbocycles. The van der Waals surface area contributed by atoms with Crippen LogP contribution in [0.4, 0.5) is 0 Å². The fraction of sp³-hybridized carbons (Fsp3) is 0.333. The van der Waals surface area contributed by atoms with Crippen LogP contribution in [0, 0.1) is 0 Å². The second-order valence-corrected chi connectivity index (χ2v) is 6.99. The smallest absolute Gasteiger partial charge is 0.308 e. The highest BCUT2D eigenvalue weighted by molar-refractivity contribution is 6.31. The van der Waals surface area contributed by atoms with Crippen LogP contribution in [0.25, 0.3) is 0 Å². The Hall–Kier alpha value is -2.21. The maximum absolute atomic E-state index is 12.9. The lowest BCUT2D eigenvalue weighted by molar-refractivity contribution is -0.384. The van der Waals surface area contributed by atoms with Gasteiger partial charge >= 0.3 is 5.97 Å². The van der Waals surface area contributed by atoms with Crippen molar-refractivity contribution in [3.8, 4) is 0 Å². The number of hydrogen-bond acceptors (Lipinski definition) is 5. The molecular formula is C21H21ClO5. The number of hydrogen-bond donors (Lipinski definition) is 1. The van der Waals surface area contributed by atoms with E-state index in [1.54, 1.807) is 30.3 Å². The van der Waals surface area contributed by atoms with Crippen molar-refractivity contribution in [2.75, 3.05) is 0 Å². The summed E-state index contributed by atoms with van der Waals surface area (Å²) in [7, 11) is 0. The van der Waals surface area contributed by atoms with Gasteiger partial charge in [0.25, 0.3) is 5.79 Å². The molecule has 1 aliphatic rings. The van der Waals surface area contributed by atoms with Crippen LogP contribution >= 0.6 is 11.6 Å². The van der Waals surface area contributed by atoms with Crippen LogP contribution in [-0.2, 0) is 20.2 Å². The van der Waals surface area contributed by atoms with Gasteiger partial charge in [0.2, 0.25) is 0 Å². The van der Waals surface area contributed by atoms with Gasteiger partial charge in [-0.2, -0.15) is 4.89 Å². The van der Waals surface area contributed by atoms with Crippen molar-refractivity contribution in [2.45, 2.75) is 44.8 Å². The normalized spacial score (nSPS) is 18.0. The third-order valence-electron chi connectivity index (χ3n) is 4.73. The Morgan fingerprint density at radius 1 is 1.07 bits per heavy atom. The summed E-state index contributed by atoms with van der Waals surface area (Å²) in [6.45, 7) is 2.09. The van der Waals surface area contributed by atoms with E-state index < -0.39 is 11.8 Å². The molecule has 0 aromatic heterocycles. The van der Waals surface area contributed by atoms with E-state index in [1.165, 1.54) is 12.1 Å². The minimum absolute atomic E-state index is 0.199. The molecule has 5 nitrogen and oxygen atoms in total. The molecule has 1 N–H and O–H groups in total.